The SMILES string of the molecule is CCC[S@@](=N)(=O)c1nc(N)c2[nH]c(=O)n(Cc3ccc(Cl)cc3)c2n1. The summed E-state index contributed by atoms with van der Waals surface area (Å²) in [6, 6.07) is 7.04. The fraction of sp³-hybridized carbons (Fsp3) is 0.267. The van der Waals surface area contributed by atoms with E-state index < -0.39 is 15.4 Å². The Morgan fingerprint density at radius 2 is 2.00 bits per heavy atom. The zero-order valence-electron chi connectivity index (χ0n) is 13.5. The Bertz CT molecular complexity index is 1090. The standard InChI is InChI=1S/C15H17ClN6O2S/c1-2-7-25(18,24)14-20-12(17)11-13(21-14)22(15(23)19-11)8-9-3-5-10(16)6-4-9/h3-6,18H,2,7-8H2,1H3,(H,19,23)(H2,17,20,21)/t25-/m1/s1. The van der Waals surface area contributed by atoms with Gasteiger partial charge < -0.3 is 10.7 Å². The number of nitrogens with zero attached hydrogens (tertiary/aromatic N) is 3. The Labute approximate surface area is 149 Å². The predicted molar refractivity (Wildman–Crippen MR) is 97.4 cm³/mol. The number of nitrogens with one attached hydrogen (secondary N) is 2. The Balaban J connectivity index is 2.15. The molecule has 2 aromatic heterocycles. The number of halogens is 1. The minimum Gasteiger partial charge on any atom is -0.382 e. The van der Waals surface area contributed by atoms with E-state index >= 15 is 0 Å². The molecule has 3 rings (SSSR count). The first-order chi connectivity index (χ1) is 11.8. The molecule has 0 radical (unpaired) electrons. The molecule has 0 spiro atoms. The van der Waals surface area contributed by atoms with E-state index in [2.05, 4.69) is 15.0 Å². The smallest absolute Gasteiger partial charge is 0.328 e. The van der Waals surface area contributed by atoms with Crippen LogP contribution in [0.25, 0.3) is 11.2 Å². The number of rotatable bonds is 5. The third-order valence-corrected chi connectivity index (χ3v) is 5.68. The van der Waals surface area contributed by atoms with Gasteiger partial charge >= 0.3 is 5.69 Å². The third kappa shape index (κ3) is 3.38. The molecule has 3 aromatic rings. The molecule has 0 bridgehead atoms. The van der Waals surface area contributed by atoms with Gasteiger partial charge in [0.2, 0.25) is 5.16 Å². The summed E-state index contributed by atoms with van der Waals surface area (Å²) in [4.78, 5) is 23.1. The molecule has 2 heterocycles. The van der Waals surface area contributed by atoms with Crippen LogP contribution in [-0.4, -0.2) is 29.5 Å². The molecule has 4 N–H and O–H groups in total. The second-order valence-electron chi connectivity index (χ2n) is 5.61. The van der Waals surface area contributed by atoms with E-state index in [4.69, 9.17) is 22.1 Å². The van der Waals surface area contributed by atoms with Gasteiger partial charge in [0.05, 0.1) is 6.54 Å². The highest BCUT2D eigenvalue weighted by Gasteiger charge is 2.19. The maximum Gasteiger partial charge on any atom is 0.328 e. The van der Waals surface area contributed by atoms with E-state index in [0.717, 1.165) is 5.56 Å². The number of H-pyrrole nitrogens is 1. The van der Waals surface area contributed by atoms with Crippen LogP contribution in [-0.2, 0) is 16.3 Å². The number of hydrogen-bond donors (Lipinski definition) is 3. The van der Waals surface area contributed by atoms with Gasteiger partial charge in [-0.25, -0.2) is 18.8 Å². The number of benzene rings is 1. The number of hydrogen-bond acceptors (Lipinski definition) is 6. The minimum absolute atomic E-state index is 0.00281. The quantitative estimate of drug-likeness (QED) is 0.584. The first-order valence-electron chi connectivity index (χ1n) is 7.59. The molecule has 0 aliphatic rings. The molecule has 0 fully saturated rings. The van der Waals surface area contributed by atoms with Crippen molar-refractivity contribution in [1.29, 1.82) is 4.78 Å². The lowest BCUT2D eigenvalue weighted by Crippen LogP contribution is -2.18. The fourth-order valence-electron chi connectivity index (χ4n) is 2.48. The van der Waals surface area contributed by atoms with E-state index in [-0.39, 0.29) is 34.4 Å². The molecule has 0 unspecified atom stereocenters. The molecule has 132 valence electrons. The van der Waals surface area contributed by atoms with E-state index in [0.29, 0.717) is 11.4 Å². The largest absolute Gasteiger partial charge is 0.382 e. The molecule has 1 aromatic carbocycles. The van der Waals surface area contributed by atoms with E-state index in [1.54, 1.807) is 24.3 Å². The number of nitrogens with two attached hydrogens (primary N) is 1. The van der Waals surface area contributed by atoms with Crippen LogP contribution in [0.5, 0.6) is 0 Å². The van der Waals surface area contributed by atoms with Gasteiger partial charge in [0.1, 0.15) is 15.2 Å². The molecule has 25 heavy (non-hydrogen) atoms. The van der Waals surface area contributed by atoms with Gasteiger partial charge in [0, 0.05) is 10.8 Å². The molecular formula is C15H17ClN6O2S. The molecule has 10 heteroatoms. The Kier molecular flexibility index (Phi) is 4.53. The van der Waals surface area contributed by atoms with Gasteiger partial charge in [-0.15, -0.1) is 0 Å². The Morgan fingerprint density at radius 1 is 1.32 bits per heavy atom. The number of fused-ring (bicyclic) bond motifs is 1. The highest BCUT2D eigenvalue weighted by atomic mass is 35.5. The number of anilines is 1. The molecule has 0 aliphatic carbocycles. The summed E-state index contributed by atoms with van der Waals surface area (Å²) < 4.78 is 21.8. The van der Waals surface area contributed by atoms with Gasteiger partial charge in [-0.1, -0.05) is 30.7 Å². The lowest BCUT2D eigenvalue weighted by Gasteiger charge is -2.08. The third-order valence-electron chi connectivity index (χ3n) is 3.67. The van der Waals surface area contributed by atoms with Crippen LogP contribution in [0.3, 0.4) is 0 Å². The van der Waals surface area contributed by atoms with Crippen molar-refractivity contribution in [2.75, 3.05) is 11.5 Å². The molecule has 8 nitrogen and oxygen atoms in total. The zero-order chi connectivity index (χ0) is 18.2. The second kappa shape index (κ2) is 6.49. The van der Waals surface area contributed by atoms with Crippen molar-refractivity contribution in [1.82, 2.24) is 19.5 Å². The molecular weight excluding hydrogens is 364 g/mol. The average Bonchev–Trinajstić information content (AvgIpc) is 2.86. The molecule has 0 saturated heterocycles. The van der Waals surface area contributed by atoms with Crippen molar-refractivity contribution in [2.45, 2.75) is 25.0 Å². The van der Waals surface area contributed by atoms with Crippen LogP contribution < -0.4 is 11.4 Å². The predicted octanol–water partition coefficient (Wildman–Crippen LogP) is 2.22. The molecule has 0 amide bonds. The normalized spacial score (nSPS) is 13.8. The van der Waals surface area contributed by atoms with Gasteiger partial charge in [0.15, 0.2) is 11.5 Å². The summed E-state index contributed by atoms with van der Waals surface area (Å²) in [6.45, 7) is 2.06. The highest BCUT2D eigenvalue weighted by molar-refractivity contribution is 7.92. The first-order valence-corrected chi connectivity index (χ1v) is 9.69. The summed E-state index contributed by atoms with van der Waals surface area (Å²) in [7, 11) is -3.16. The first kappa shape index (κ1) is 17.4. The lowest BCUT2D eigenvalue weighted by molar-refractivity contribution is 0.665. The average molecular weight is 381 g/mol. The monoisotopic (exact) mass is 380 g/mol. The van der Waals surface area contributed by atoms with Crippen LogP contribution in [0.2, 0.25) is 5.02 Å². The maximum absolute atomic E-state index is 12.5. The second-order valence-corrected chi connectivity index (χ2v) is 8.17. The van der Waals surface area contributed by atoms with Crippen molar-refractivity contribution in [3.8, 4) is 0 Å². The number of imidazole rings is 1. The van der Waals surface area contributed by atoms with Crippen molar-refractivity contribution in [2.24, 2.45) is 0 Å². The van der Waals surface area contributed by atoms with Crippen LogP contribution >= 0.6 is 11.6 Å². The molecule has 0 saturated carbocycles. The van der Waals surface area contributed by atoms with Crippen molar-refractivity contribution >= 4 is 38.3 Å². The Hall–Kier alpha value is -2.39. The number of aromatic nitrogens is 4. The lowest BCUT2D eigenvalue weighted by atomic mass is 10.2. The van der Waals surface area contributed by atoms with Gasteiger partial charge in [-0.3, -0.25) is 4.57 Å². The number of aromatic amines is 1. The Morgan fingerprint density at radius 3 is 2.64 bits per heavy atom. The minimum atomic E-state index is -3.16. The summed E-state index contributed by atoms with van der Waals surface area (Å²) >= 11 is 5.88. The molecule has 0 aliphatic heterocycles. The maximum atomic E-state index is 12.5. The van der Waals surface area contributed by atoms with E-state index in [1.165, 1.54) is 4.57 Å². The van der Waals surface area contributed by atoms with Crippen LogP contribution in [0, 0.1) is 4.78 Å². The summed E-state index contributed by atoms with van der Waals surface area (Å²) in [5, 5.41) is 0.445. The number of nitrogen functional groups attached to an aromatic ring is 1. The highest BCUT2D eigenvalue weighted by Crippen LogP contribution is 2.19. The van der Waals surface area contributed by atoms with E-state index in [1.807, 2.05) is 6.92 Å². The fourth-order valence-corrected chi connectivity index (χ4v) is 3.84. The van der Waals surface area contributed by atoms with Crippen LogP contribution in [0.1, 0.15) is 18.9 Å². The van der Waals surface area contributed by atoms with E-state index in [9.17, 15) is 9.00 Å². The van der Waals surface area contributed by atoms with Crippen molar-refractivity contribution in [3.05, 3.63) is 45.3 Å². The van der Waals surface area contributed by atoms with Gasteiger partial charge in [0.25, 0.3) is 0 Å². The van der Waals surface area contributed by atoms with Gasteiger partial charge in [-0.05, 0) is 24.1 Å². The zero-order valence-corrected chi connectivity index (χ0v) is 15.0. The van der Waals surface area contributed by atoms with Crippen LogP contribution in [0.15, 0.2) is 34.2 Å². The summed E-state index contributed by atoms with van der Waals surface area (Å²) in [5.41, 5.74) is 6.82. The van der Waals surface area contributed by atoms with Gasteiger partial charge in [-0.2, -0.15) is 4.98 Å². The van der Waals surface area contributed by atoms with Crippen LogP contribution in [0.4, 0.5) is 5.82 Å². The summed E-state index contributed by atoms with van der Waals surface area (Å²) in [5.74, 6) is 0.132. The van der Waals surface area contributed by atoms with Crippen molar-refractivity contribution < 1.29 is 4.21 Å². The topological polar surface area (TPSA) is 131 Å². The summed E-state index contributed by atoms with van der Waals surface area (Å²) in [6.07, 6.45) is 0.550. The van der Waals surface area contributed by atoms with Crippen molar-refractivity contribution in [3.63, 3.8) is 0 Å². The molecule has 1 atom stereocenters.